The molecule has 1 N–H and O–H groups in total. The first-order valence-corrected chi connectivity index (χ1v) is 6.32. The standard InChI is InChI=1S/C14H16N2O2/c1-8(10-6-7-10)14(17)16-12-5-3-4-11-13(12)18-9(2)15-11/h3-5,8,10H,6-7H2,1-2H3,(H,16,17). The van der Waals surface area contributed by atoms with Gasteiger partial charge in [0.25, 0.3) is 0 Å². The Morgan fingerprint density at radius 2 is 2.28 bits per heavy atom. The summed E-state index contributed by atoms with van der Waals surface area (Å²) in [7, 11) is 0. The Balaban J connectivity index is 1.87. The van der Waals surface area contributed by atoms with Crippen LogP contribution in [0.2, 0.25) is 0 Å². The molecule has 3 rings (SSSR count). The summed E-state index contributed by atoms with van der Waals surface area (Å²) >= 11 is 0. The predicted octanol–water partition coefficient (Wildman–Crippen LogP) is 3.12. The van der Waals surface area contributed by atoms with E-state index >= 15 is 0 Å². The fourth-order valence-corrected chi connectivity index (χ4v) is 2.22. The van der Waals surface area contributed by atoms with Gasteiger partial charge in [-0.05, 0) is 30.9 Å². The number of amides is 1. The van der Waals surface area contributed by atoms with E-state index in [9.17, 15) is 4.79 Å². The van der Waals surface area contributed by atoms with Gasteiger partial charge < -0.3 is 9.73 Å². The Morgan fingerprint density at radius 3 is 3.00 bits per heavy atom. The molecule has 1 aliphatic carbocycles. The molecule has 0 radical (unpaired) electrons. The highest BCUT2D eigenvalue weighted by Crippen LogP contribution is 2.37. The molecule has 1 aromatic carbocycles. The summed E-state index contributed by atoms with van der Waals surface area (Å²) in [6.07, 6.45) is 2.33. The maximum atomic E-state index is 12.1. The van der Waals surface area contributed by atoms with Crippen molar-refractivity contribution < 1.29 is 9.21 Å². The van der Waals surface area contributed by atoms with E-state index in [1.165, 1.54) is 12.8 Å². The number of nitrogens with zero attached hydrogens (tertiary/aromatic N) is 1. The first-order chi connectivity index (χ1) is 8.65. The fraction of sp³-hybridized carbons (Fsp3) is 0.429. The number of nitrogens with one attached hydrogen (secondary N) is 1. The molecule has 94 valence electrons. The number of carbonyl (C=O) groups excluding carboxylic acids is 1. The first-order valence-electron chi connectivity index (χ1n) is 6.32. The molecular formula is C14H16N2O2. The van der Waals surface area contributed by atoms with Gasteiger partial charge in [-0.25, -0.2) is 4.98 Å². The Morgan fingerprint density at radius 1 is 1.50 bits per heavy atom. The van der Waals surface area contributed by atoms with E-state index in [1.807, 2.05) is 25.1 Å². The summed E-state index contributed by atoms with van der Waals surface area (Å²) in [4.78, 5) is 16.3. The molecule has 4 heteroatoms. The summed E-state index contributed by atoms with van der Waals surface area (Å²) in [6.45, 7) is 3.79. The van der Waals surface area contributed by atoms with Crippen molar-refractivity contribution >= 4 is 22.7 Å². The van der Waals surface area contributed by atoms with E-state index in [2.05, 4.69) is 10.3 Å². The van der Waals surface area contributed by atoms with Crippen molar-refractivity contribution in [3.63, 3.8) is 0 Å². The summed E-state index contributed by atoms with van der Waals surface area (Å²) < 4.78 is 5.53. The van der Waals surface area contributed by atoms with Crippen LogP contribution in [0, 0.1) is 18.8 Å². The third-order valence-electron chi connectivity index (χ3n) is 3.52. The van der Waals surface area contributed by atoms with Crippen LogP contribution in [0.1, 0.15) is 25.7 Å². The van der Waals surface area contributed by atoms with E-state index in [-0.39, 0.29) is 11.8 Å². The summed E-state index contributed by atoms with van der Waals surface area (Å²) in [6, 6.07) is 5.61. The van der Waals surface area contributed by atoms with Crippen LogP contribution in [0.3, 0.4) is 0 Å². The van der Waals surface area contributed by atoms with Crippen LogP contribution in [-0.4, -0.2) is 10.9 Å². The largest absolute Gasteiger partial charge is 0.439 e. The van der Waals surface area contributed by atoms with Gasteiger partial charge in [0.1, 0.15) is 5.52 Å². The van der Waals surface area contributed by atoms with Gasteiger partial charge in [-0.1, -0.05) is 13.0 Å². The smallest absolute Gasteiger partial charge is 0.227 e. The number of fused-ring (bicyclic) bond motifs is 1. The minimum Gasteiger partial charge on any atom is -0.439 e. The molecule has 2 aromatic rings. The highest BCUT2D eigenvalue weighted by molar-refractivity contribution is 5.99. The molecule has 1 aliphatic rings. The molecule has 0 bridgehead atoms. The number of aromatic nitrogens is 1. The third kappa shape index (κ3) is 1.98. The Labute approximate surface area is 105 Å². The molecule has 1 fully saturated rings. The SMILES string of the molecule is Cc1nc2cccc(NC(=O)C(C)C3CC3)c2o1. The van der Waals surface area contributed by atoms with Gasteiger partial charge >= 0.3 is 0 Å². The second-order valence-electron chi connectivity index (χ2n) is 5.00. The van der Waals surface area contributed by atoms with E-state index < -0.39 is 0 Å². The molecule has 1 saturated carbocycles. The first kappa shape index (κ1) is 11.3. The quantitative estimate of drug-likeness (QED) is 0.902. The average Bonchev–Trinajstić information content (AvgIpc) is 3.10. The monoisotopic (exact) mass is 244 g/mol. The van der Waals surface area contributed by atoms with Crippen LogP contribution in [-0.2, 0) is 4.79 Å². The fourth-order valence-electron chi connectivity index (χ4n) is 2.22. The molecule has 1 heterocycles. The van der Waals surface area contributed by atoms with Gasteiger partial charge in [0.05, 0.1) is 5.69 Å². The highest BCUT2D eigenvalue weighted by Gasteiger charge is 2.32. The van der Waals surface area contributed by atoms with Crippen molar-refractivity contribution in [1.82, 2.24) is 4.98 Å². The van der Waals surface area contributed by atoms with Gasteiger partial charge in [-0.2, -0.15) is 0 Å². The van der Waals surface area contributed by atoms with Gasteiger partial charge in [-0.15, -0.1) is 0 Å². The summed E-state index contributed by atoms with van der Waals surface area (Å²) in [5.41, 5.74) is 2.15. The molecule has 18 heavy (non-hydrogen) atoms. The molecule has 1 aromatic heterocycles. The van der Waals surface area contributed by atoms with E-state index in [1.54, 1.807) is 6.92 Å². The number of hydrogen-bond donors (Lipinski definition) is 1. The molecule has 4 nitrogen and oxygen atoms in total. The van der Waals surface area contributed by atoms with Crippen molar-refractivity contribution in [2.45, 2.75) is 26.7 Å². The number of aryl methyl sites for hydroxylation is 1. The zero-order valence-electron chi connectivity index (χ0n) is 10.6. The Kier molecular flexibility index (Phi) is 2.58. The number of hydrogen-bond acceptors (Lipinski definition) is 3. The van der Waals surface area contributed by atoms with Crippen LogP contribution in [0.4, 0.5) is 5.69 Å². The number of rotatable bonds is 3. The number of anilines is 1. The lowest BCUT2D eigenvalue weighted by molar-refractivity contribution is -0.119. The minimum absolute atomic E-state index is 0.0686. The van der Waals surface area contributed by atoms with Crippen molar-refractivity contribution in [2.24, 2.45) is 11.8 Å². The molecule has 0 spiro atoms. The maximum absolute atomic E-state index is 12.1. The third-order valence-corrected chi connectivity index (χ3v) is 3.52. The van der Waals surface area contributed by atoms with E-state index in [4.69, 9.17) is 4.42 Å². The van der Waals surface area contributed by atoms with Crippen LogP contribution in [0.25, 0.3) is 11.1 Å². The Hall–Kier alpha value is -1.84. The normalized spacial score (nSPS) is 16.8. The van der Waals surface area contributed by atoms with Crippen molar-refractivity contribution in [3.8, 4) is 0 Å². The van der Waals surface area contributed by atoms with Gasteiger partial charge in [0.2, 0.25) is 5.91 Å². The van der Waals surface area contributed by atoms with E-state index in [0.29, 0.717) is 23.1 Å². The zero-order chi connectivity index (χ0) is 12.7. The van der Waals surface area contributed by atoms with Crippen molar-refractivity contribution in [2.75, 3.05) is 5.32 Å². The van der Waals surface area contributed by atoms with Gasteiger partial charge in [0.15, 0.2) is 11.5 Å². The maximum Gasteiger partial charge on any atom is 0.227 e. The van der Waals surface area contributed by atoms with Crippen LogP contribution >= 0.6 is 0 Å². The summed E-state index contributed by atoms with van der Waals surface area (Å²) in [5, 5.41) is 2.95. The van der Waals surface area contributed by atoms with Gasteiger partial charge in [0, 0.05) is 12.8 Å². The number of para-hydroxylation sites is 1. The topological polar surface area (TPSA) is 55.1 Å². The molecule has 1 atom stereocenters. The van der Waals surface area contributed by atoms with Crippen molar-refractivity contribution in [1.29, 1.82) is 0 Å². The predicted molar refractivity (Wildman–Crippen MR) is 69.3 cm³/mol. The zero-order valence-corrected chi connectivity index (χ0v) is 10.6. The lowest BCUT2D eigenvalue weighted by Gasteiger charge is -2.10. The average molecular weight is 244 g/mol. The number of benzene rings is 1. The lowest BCUT2D eigenvalue weighted by atomic mass is 10.1. The highest BCUT2D eigenvalue weighted by atomic mass is 16.3. The van der Waals surface area contributed by atoms with Crippen molar-refractivity contribution in [3.05, 3.63) is 24.1 Å². The summed E-state index contributed by atoms with van der Waals surface area (Å²) in [5.74, 6) is 1.31. The molecule has 1 unspecified atom stereocenters. The molecule has 1 amide bonds. The number of oxazole rings is 1. The van der Waals surface area contributed by atoms with Gasteiger partial charge in [-0.3, -0.25) is 4.79 Å². The minimum atomic E-state index is 0.0686. The number of carbonyl (C=O) groups is 1. The Bertz CT molecular complexity index is 599. The van der Waals surface area contributed by atoms with Crippen LogP contribution in [0.5, 0.6) is 0 Å². The second-order valence-corrected chi connectivity index (χ2v) is 5.00. The molecular weight excluding hydrogens is 228 g/mol. The van der Waals surface area contributed by atoms with E-state index in [0.717, 1.165) is 5.52 Å². The van der Waals surface area contributed by atoms with Crippen LogP contribution < -0.4 is 5.32 Å². The lowest BCUT2D eigenvalue weighted by Crippen LogP contribution is -2.21. The molecule has 0 saturated heterocycles. The second kappa shape index (κ2) is 4.12. The molecule has 0 aliphatic heterocycles. The van der Waals surface area contributed by atoms with Crippen LogP contribution in [0.15, 0.2) is 22.6 Å².